The van der Waals surface area contributed by atoms with Crippen molar-refractivity contribution in [2.24, 2.45) is 17.6 Å². The Labute approximate surface area is 120 Å². The number of fused-ring (bicyclic) bond motifs is 1. The van der Waals surface area contributed by atoms with Crippen LogP contribution in [0.2, 0.25) is 0 Å². The highest BCUT2D eigenvalue weighted by atomic mass is 16.2. The molecule has 1 aromatic carbocycles. The van der Waals surface area contributed by atoms with Crippen molar-refractivity contribution >= 4 is 6.03 Å². The first-order valence-electron chi connectivity index (χ1n) is 7.54. The Balaban J connectivity index is 1.51. The molecule has 3 N–H and O–H groups in total. The number of nitrogens with zero attached hydrogens (tertiary/aromatic N) is 1. The molecule has 3 unspecified atom stereocenters. The molecule has 1 aromatic rings. The van der Waals surface area contributed by atoms with Gasteiger partial charge in [-0.25, -0.2) is 4.79 Å². The molecule has 4 heteroatoms. The second kappa shape index (κ2) is 5.83. The number of hydrogen-bond acceptors (Lipinski definition) is 2. The average Bonchev–Trinajstić information content (AvgIpc) is 2.89. The average molecular weight is 273 g/mol. The summed E-state index contributed by atoms with van der Waals surface area (Å²) in [5.74, 6) is 1.28. The standard InChI is InChI=1S/C16H23N3O/c17-15-7-6-13-10-19(11-14(13)8-15)16(20)18-9-12-4-2-1-3-5-12/h1-5,13-15H,6-11,17H2,(H,18,20). The van der Waals surface area contributed by atoms with Gasteiger partial charge >= 0.3 is 6.03 Å². The molecule has 4 nitrogen and oxygen atoms in total. The van der Waals surface area contributed by atoms with Gasteiger partial charge in [0.25, 0.3) is 0 Å². The van der Waals surface area contributed by atoms with E-state index < -0.39 is 0 Å². The van der Waals surface area contributed by atoms with E-state index in [-0.39, 0.29) is 6.03 Å². The molecule has 108 valence electrons. The van der Waals surface area contributed by atoms with Crippen LogP contribution < -0.4 is 11.1 Å². The zero-order valence-electron chi connectivity index (χ0n) is 11.8. The number of amides is 2. The Morgan fingerprint density at radius 3 is 2.75 bits per heavy atom. The van der Waals surface area contributed by atoms with Crippen molar-refractivity contribution in [2.45, 2.75) is 31.8 Å². The highest BCUT2D eigenvalue weighted by Crippen LogP contribution is 2.35. The highest BCUT2D eigenvalue weighted by molar-refractivity contribution is 5.74. The summed E-state index contributed by atoms with van der Waals surface area (Å²) >= 11 is 0. The molecule has 0 aromatic heterocycles. The van der Waals surface area contributed by atoms with Gasteiger partial charge in [0.2, 0.25) is 0 Å². The van der Waals surface area contributed by atoms with Gasteiger partial charge in [0.15, 0.2) is 0 Å². The van der Waals surface area contributed by atoms with Crippen LogP contribution in [0.5, 0.6) is 0 Å². The Bertz CT molecular complexity index is 462. The third-order valence-electron chi connectivity index (χ3n) is 4.66. The summed E-state index contributed by atoms with van der Waals surface area (Å²) in [6.45, 7) is 2.38. The van der Waals surface area contributed by atoms with Gasteiger partial charge < -0.3 is 16.0 Å². The van der Waals surface area contributed by atoms with Gasteiger partial charge in [0, 0.05) is 25.7 Å². The molecule has 1 saturated heterocycles. The van der Waals surface area contributed by atoms with Crippen LogP contribution in [0, 0.1) is 11.8 Å². The number of nitrogens with one attached hydrogen (secondary N) is 1. The van der Waals surface area contributed by atoms with Crippen LogP contribution in [0.4, 0.5) is 4.79 Å². The smallest absolute Gasteiger partial charge is 0.317 e. The van der Waals surface area contributed by atoms with Crippen molar-refractivity contribution < 1.29 is 4.79 Å². The van der Waals surface area contributed by atoms with Crippen LogP contribution >= 0.6 is 0 Å². The summed E-state index contributed by atoms with van der Waals surface area (Å²) in [5, 5.41) is 3.02. The van der Waals surface area contributed by atoms with E-state index in [0.717, 1.165) is 31.5 Å². The number of carbonyl (C=O) groups excluding carboxylic acids is 1. The number of hydrogen-bond donors (Lipinski definition) is 2. The molecule has 20 heavy (non-hydrogen) atoms. The molecule has 0 bridgehead atoms. The summed E-state index contributed by atoms with van der Waals surface area (Å²) < 4.78 is 0. The topological polar surface area (TPSA) is 58.4 Å². The van der Waals surface area contributed by atoms with Gasteiger partial charge in [-0.2, -0.15) is 0 Å². The Hall–Kier alpha value is -1.55. The molecule has 1 heterocycles. The van der Waals surface area contributed by atoms with Gasteiger partial charge in [-0.15, -0.1) is 0 Å². The van der Waals surface area contributed by atoms with Crippen molar-refractivity contribution in [1.29, 1.82) is 0 Å². The fourth-order valence-corrected chi connectivity index (χ4v) is 3.52. The van der Waals surface area contributed by atoms with Crippen molar-refractivity contribution in [3.05, 3.63) is 35.9 Å². The third-order valence-corrected chi connectivity index (χ3v) is 4.66. The van der Waals surface area contributed by atoms with E-state index in [1.165, 1.54) is 6.42 Å². The first-order chi connectivity index (χ1) is 9.72. The van der Waals surface area contributed by atoms with Gasteiger partial charge in [-0.1, -0.05) is 30.3 Å². The minimum atomic E-state index is 0.0665. The number of likely N-dealkylation sites (tertiary alicyclic amines) is 1. The number of urea groups is 1. The van der Waals surface area contributed by atoms with Crippen molar-refractivity contribution in [3.63, 3.8) is 0 Å². The molecule has 2 amide bonds. The van der Waals surface area contributed by atoms with E-state index in [2.05, 4.69) is 5.32 Å². The minimum Gasteiger partial charge on any atom is -0.334 e. The largest absolute Gasteiger partial charge is 0.334 e. The molecular formula is C16H23N3O. The quantitative estimate of drug-likeness (QED) is 0.865. The van der Waals surface area contributed by atoms with E-state index in [1.54, 1.807) is 0 Å². The summed E-state index contributed by atoms with van der Waals surface area (Å²) in [6.07, 6.45) is 3.36. The first-order valence-corrected chi connectivity index (χ1v) is 7.54. The van der Waals surface area contributed by atoms with Crippen LogP contribution in [0.1, 0.15) is 24.8 Å². The van der Waals surface area contributed by atoms with Crippen molar-refractivity contribution in [3.8, 4) is 0 Å². The van der Waals surface area contributed by atoms with Crippen LogP contribution in [-0.4, -0.2) is 30.1 Å². The molecule has 3 atom stereocenters. The van der Waals surface area contributed by atoms with Gasteiger partial charge in [0.1, 0.15) is 0 Å². The van der Waals surface area contributed by atoms with Crippen LogP contribution in [0.3, 0.4) is 0 Å². The van der Waals surface area contributed by atoms with E-state index in [0.29, 0.717) is 24.4 Å². The predicted octanol–water partition coefficient (Wildman–Crippen LogP) is 1.96. The van der Waals surface area contributed by atoms with Crippen LogP contribution in [0.15, 0.2) is 30.3 Å². The zero-order chi connectivity index (χ0) is 13.9. The van der Waals surface area contributed by atoms with E-state index >= 15 is 0 Å². The maximum atomic E-state index is 12.2. The van der Waals surface area contributed by atoms with Crippen LogP contribution in [-0.2, 0) is 6.54 Å². The minimum absolute atomic E-state index is 0.0665. The lowest BCUT2D eigenvalue weighted by molar-refractivity contribution is 0.206. The number of carbonyl (C=O) groups is 1. The van der Waals surface area contributed by atoms with Crippen molar-refractivity contribution in [2.75, 3.05) is 13.1 Å². The van der Waals surface area contributed by atoms with Crippen LogP contribution in [0.25, 0.3) is 0 Å². The van der Waals surface area contributed by atoms with Crippen molar-refractivity contribution in [1.82, 2.24) is 10.2 Å². The van der Waals surface area contributed by atoms with E-state index in [9.17, 15) is 4.79 Å². The Kier molecular flexibility index (Phi) is 3.92. The number of benzene rings is 1. The molecule has 0 spiro atoms. The zero-order valence-corrected chi connectivity index (χ0v) is 11.8. The fourth-order valence-electron chi connectivity index (χ4n) is 3.52. The molecule has 0 radical (unpaired) electrons. The lowest BCUT2D eigenvalue weighted by atomic mass is 9.79. The highest BCUT2D eigenvalue weighted by Gasteiger charge is 2.38. The molecule has 1 aliphatic carbocycles. The predicted molar refractivity (Wildman–Crippen MR) is 79.1 cm³/mol. The SMILES string of the molecule is NC1CCC2CN(C(=O)NCc3ccccc3)CC2C1. The van der Waals surface area contributed by atoms with Gasteiger partial charge in [0.05, 0.1) is 0 Å². The summed E-state index contributed by atoms with van der Waals surface area (Å²) in [7, 11) is 0. The first kappa shape index (κ1) is 13.4. The molecule has 2 fully saturated rings. The third kappa shape index (κ3) is 2.96. The summed E-state index contributed by atoms with van der Waals surface area (Å²) in [6, 6.07) is 10.4. The monoisotopic (exact) mass is 273 g/mol. The lowest BCUT2D eigenvalue weighted by Gasteiger charge is -2.27. The molecule has 3 rings (SSSR count). The number of rotatable bonds is 2. The Morgan fingerprint density at radius 1 is 1.20 bits per heavy atom. The van der Waals surface area contributed by atoms with E-state index in [1.807, 2.05) is 35.2 Å². The summed E-state index contributed by atoms with van der Waals surface area (Å²) in [5.41, 5.74) is 7.17. The molecule has 1 aliphatic heterocycles. The Morgan fingerprint density at radius 2 is 1.95 bits per heavy atom. The van der Waals surface area contributed by atoms with Gasteiger partial charge in [-0.05, 0) is 36.7 Å². The molecule has 1 saturated carbocycles. The number of nitrogens with two attached hydrogens (primary N) is 1. The maximum Gasteiger partial charge on any atom is 0.317 e. The second-order valence-corrected chi connectivity index (χ2v) is 6.14. The van der Waals surface area contributed by atoms with Gasteiger partial charge in [-0.3, -0.25) is 0 Å². The maximum absolute atomic E-state index is 12.2. The molecular weight excluding hydrogens is 250 g/mol. The van der Waals surface area contributed by atoms with E-state index in [4.69, 9.17) is 5.73 Å². The molecule has 2 aliphatic rings. The normalized spacial score (nSPS) is 29.1. The lowest BCUT2D eigenvalue weighted by Crippen LogP contribution is -2.38. The second-order valence-electron chi connectivity index (χ2n) is 6.14. The fraction of sp³-hybridized carbons (Fsp3) is 0.562. The summed E-state index contributed by atoms with van der Waals surface area (Å²) in [4.78, 5) is 14.2.